The normalized spacial score (nSPS) is 13.3. The van der Waals surface area contributed by atoms with Crippen molar-refractivity contribution in [3.8, 4) is 0 Å². The number of nitrogens with zero attached hydrogens (tertiary/aromatic N) is 1. The third-order valence-electron chi connectivity index (χ3n) is 0.712. The van der Waals surface area contributed by atoms with Crippen molar-refractivity contribution < 1.29 is 0 Å². The van der Waals surface area contributed by atoms with E-state index in [0.717, 1.165) is 0 Å². The predicted octanol–water partition coefficient (Wildman–Crippen LogP) is 0.413. The summed E-state index contributed by atoms with van der Waals surface area (Å²) in [4.78, 5) is 2.15. The van der Waals surface area contributed by atoms with Crippen LogP contribution in [0.2, 0.25) is 0 Å². The summed E-state index contributed by atoms with van der Waals surface area (Å²) in [5, 5.41) is 0. The van der Waals surface area contributed by atoms with Crippen molar-refractivity contribution >= 4 is 45.6 Å². The molecule has 0 spiro atoms. The smallest absolute Gasteiger partial charge is 0.298 e. The van der Waals surface area contributed by atoms with E-state index < -0.39 is 0 Å². The van der Waals surface area contributed by atoms with Crippen LogP contribution in [0.5, 0.6) is 0 Å². The molecule has 0 aromatic heterocycles. The van der Waals surface area contributed by atoms with E-state index in [9.17, 15) is 0 Å². The van der Waals surface area contributed by atoms with E-state index >= 15 is 0 Å². The molecule has 0 amide bonds. The Labute approximate surface area is 75.1 Å². The summed E-state index contributed by atoms with van der Waals surface area (Å²) in [5.41, 5.74) is 0. The van der Waals surface area contributed by atoms with Crippen LogP contribution >= 0.6 is 22.6 Å². The van der Waals surface area contributed by atoms with E-state index in [1.54, 1.807) is 0 Å². The number of rotatable bonds is 1. The van der Waals surface area contributed by atoms with Crippen LogP contribution in [0.15, 0.2) is 0 Å². The van der Waals surface area contributed by atoms with Crippen LogP contribution in [0.1, 0.15) is 6.92 Å². The van der Waals surface area contributed by atoms with Crippen molar-refractivity contribution in [3.63, 3.8) is 0 Å². The van der Waals surface area contributed by atoms with E-state index in [1.165, 1.54) is 0 Å². The summed E-state index contributed by atoms with van der Waals surface area (Å²) in [6, 6.07) is 0. The topological polar surface area (TPSA) is 3.24 Å². The van der Waals surface area contributed by atoms with Gasteiger partial charge in [-0.3, -0.25) is 4.90 Å². The van der Waals surface area contributed by atoms with Gasteiger partial charge in [-0.25, -0.2) is 0 Å². The van der Waals surface area contributed by atoms with Gasteiger partial charge >= 0.3 is 23.1 Å². The Morgan fingerprint density at radius 3 is 1.57 bits per heavy atom. The van der Waals surface area contributed by atoms with Crippen molar-refractivity contribution in [3.05, 3.63) is 0 Å². The minimum atomic E-state index is 0. The van der Waals surface area contributed by atoms with Gasteiger partial charge < -0.3 is 0 Å². The lowest BCUT2D eigenvalue weighted by Crippen LogP contribution is -2.17. The molecule has 0 N–H and O–H groups in total. The molecule has 0 saturated carbocycles. The molecular weight excluding hydrogens is 213 g/mol. The SMILES string of the molecule is CC(I)N(C)C.[MgH2]. The Morgan fingerprint density at radius 1 is 1.43 bits per heavy atom. The average Bonchev–Trinajstić information content (AvgIpc) is 1.36. The van der Waals surface area contributed by atoms with Crippen LogP contribution in [-0.2, 0) is 0 Å². The van der Waals surface area contributed by atoms with Crippen LogP contribution in [0.25, 0.3) is 0 Å². The molecule has 0 fully saturated rings. The molecule has 0 aromatic rings. The zero-order valence-corrected chi connectivity index (χ0v) is 6.56. The van der Waals surface area contributed by atoms with E-state index in [2.05, 4.69) is 48.5 Å². The van der Waals surface area contributed by atoms with Crippen LogP contribution in [-0.4, -0.2) is 46.1 Å². The third kappa shape index (κ3) is 7.46. The first kappa shape index (κ1) is 11.3. The Bertz CT molecular complexity index is 32.7. The van der Waals surface area contributed by atoms with Gasteiger partial charge in [0.05, 0.1) is 4.05 Å². The number of alkyl halides is 1. The second-order valence-corrected chi connectivity index (χ2v) is 3.34. The van der Waals surface area contributed by atoms with E-state index in [0.29, 0.717) is 4.05 Å². The molecule has 1 atom stereocenters. The molecular formula is C4H12IMgN. The molecule has 0 aliphatic heterocycles. The highest BCUT2D eigenvalue weighted by Gasteiger charge is 1.92. The quantitative estimate of drug-likeness (QED) is 0.270. The fraction of sp³-hybridized carbons (Fsp3) is 1.00. The maximum Gasteiger partial charge on any atom is 0.316 e. The van der Waals surface area contributed by atoms with Crippen LogP contribution in [0.4, 0.5) is 0 Å². The van der Waals surface area contributed by atoms with Gasteiger partial charge in [0, 0.05) is 0 Å². The van der Waals surface area contributed by atoms with Gasteiger partial charge in [-0.1, -0.05) is 22.6 Å². The predicted molar refractivity (Wildman–Crippen MR) is 45.7 cm³/mol. The highest BCUT2D eigenvalue weighted by molar-refractivity contribution is 14.1. The zero-order valence-electron chi connectivity index (χ0n) is 4.40. The largest absolute Gasteiger partial charge is 0.316 e. The van der Waals surface area contributed by atoms with Gasteiger partial charge in [-0.05, 0) is 21.0 Å². The molecule has 0 aliphatic rings. The second kappa shape index (κ2) is 5.59. The van der Waals surface area contributed by atoms with E-state index in [4.69, 9.17) is 0 Å². The summed E-state index contributed by atoms with van der Waals surface area (Å²) in [5.74, 6) is 0. The Kier molecular flexibility index (Phi) is 9.01. The number of hydrogen-bond donors (Lipinski definition) is 0. The van der Waals surface area contributed by atoms with E-state index in [-0.39, 0.29) is 23.1 Å². The summed E-state index contributed by atoms with van der Waals surface area (Å²) < 4.78 is 0.655. The Balaban J connectivity index is 0. The van der Waals surface area contributed by atoms with Gasteiger partial charge in [-0.15, -0.1) is 0 Å². The fourth-order valence-electron chi connectivity index (χ4n) is 0. The molecule has 0 bridgehead atoms. The molecule has 0 radical (unpaired) electrons. The van der Waals surface area contributed by atoms with Gasteiger partial charge in [0.1, 0.15) is 0 Å². The first-order chi connectivity index (χ1) is 2.64. The molecule has 0 aromatic carbocycles. The molecule has 1 nitrogen and oxygen atoms in total. The number of hydrogen-bond acceptors (Lipinski definition) is 1. The molecule has 0 rings (SSSR count). The molecule has 1 unspecified atom stereocenters. The van der Waals surface area contributed by atoms with E-state index in [1.807, 2.05) is 0 Å². The molecule has 42 valence electrons. The van der Waals surface area contributed by atoms with Crippen molar-refractivity contribution in [1.29, 1.82) is 0 Å². The van der Waals surface area contributed by atoms with Crippen molar-refractivity contribution in [2.24, 2.45) is 0 Å². The summed E-state index contributed by atoms with van der Waals surface area (Å²) >= 11 is 2.36. The maximum atomic E-state index is 2.36. The van der Waals surface area contributed by atoms with Gasteiger partial charge in [0.15, 0.2) is 0 Å². The highest BCUT2D eigenvalue weighted by Crippen LogP contribution is 1.98. The minimum Gasteiger partial charge on any atom is -0.298 e. The zero-order chi connectivity index (χ0) is 5.15. The third-order valence-corrected chi connectivity index (χ3v) is 1.83. The molecule has 0 aliphatic carbocycles. The highest BCUT2D eigenvalue weighted by atomic mass is 127. The molecule has 0 heterocycles. The van der Waals surface area contributed by atoms with Crippen LogP contribution < -0.4 is 0 Å². The fourth-order valence-corrected chi connectivity index (χ4v) is 0. The van der Waals surface area contributed by atoms with Crippen molar-refractivity contribution in [2.75, 3.05) is 14.1 Å². The number of halogens is 1. The van der Waals surface area contributed by atoms with Gasteiger partial charge in [0.2, 0.25) is 0 Å². The first-order valence-corrected chi connectivity index (χ1v) is 3.19. The Morgan fingerprint density at radius 2 is 1.57 bits per heavy atom. The van der Waals surface area contributed by atoms with Crippen molar-refractivity contribution in [1.82, 2.24) is 4.90 Å². The van der Waals surface area contributed by atoms with Crippen LogP contribution in [0.3, 0.4) is 0 Å². The standard InChI is InChI=1S/C4H10IN.Mg.2H/c1-4(5)6(2)3;;;/h4H,1-3H3;;;. The maximum absolute atomic E-state index is 2.36. The second-order valence-electron chi connectivity index (χ2n) is 1.54. The van der Waals surface area contributed by atoms with Crippen molar-refractivity contribution in [2.45, 2.75) is 11.0 Å². The Hall–Kier alpha value is 1.46. The lowest BCUT2D eigenvalue weighted by molar-refractivity contribution is 0.417. The first-order valence-electron chi connectivity index (χ1n) is 1.95. The molecule has 3 heteroatoms. The minimum absolute atomic E-state index is 0. The molecule has 0 saturated heterocycles. The van der Waals surface area contributed by atoms with Gasteiger partial charge in [0.25, 0.3) is 0 Å². The summed E-state index contributed by atoms with van der Waals surface area (Å²) in [6.07, 6.45) is 0. The average molecular weight is 225 g/mol. The summed E-state index contributed by atoms with van der Waals surface area (Å²) in [6.45, 7) is 2.15. The van der Waals surface area contributed by atoms with Crippen LogP contribution in [0, 0.1) is 0 Å². The molecule has 7 heavy (non-hydrogen) atoms. The lowest BCUT2D eigenvalue weighted by Gasteiger charge is -2.10. The summed E-state index contributed by atoms with van der Waals surface area (Å²) in [7, 11) is 4.13. The monoisotopic (exact) mass is 225 g/mol. The lowest BCUT2D eigenvalue weighted by atomic mass is 10.7. The van der Waals surface area contributed by atoms with Gasteiger partial charge in [-0.2, -0.15) is 0 Å².